The maximum Gasteiger partial charge on any atom is 0.124 e. The van der Waals surface area contributed by atoms with E-state index in [2.05, 4.69) is 0 Å². The smallest absolute Gasteiger partial charge is 0.124 e. The van der Waals surface area contributed by atoms with Crippen molar-refractivity contribution in [1.82, 2.24) is 0 Å². The Morgan fingerprint density at radius 3 is 2.31 bits per heavy atom. The number of halogens is 1. The van der Waals surface area contributed by atoms with Gasteiger partial charge in [0.1, 0.15) is 42.4 Å². The van der Waals surface area contributed by atoms with Crippen LogP contribution >= 0.6 is 11.6 Å². The van der Waals surface area contributed by atoms with Crippen LogP contribution < -0.4 is 4.74 Å². The fraction of sp³-hybridized carbons (Fsp3) is 0.478. The van der Waals surface area contributed by atoms with E-state index in [1.807, 2.05) is 24.3 Å². The Morgan fingerprint density at radius 2 is 1.69 bits per heavy atom. The second kappa shape index (κ2) is 11.4. The lowest BCUT2D eigenvalue weighted by atomic mass is 9.93. The van der Waals surface area contributed by atoms with E-state index in [4.69, 9.17) is 26.2 Å². The van der Waals surface area contributed by atoms with Crippen LogP contribution in [-0.4, -0.2) is 81.0 Å². The molecule has 0 aliphatic carbocycles. The lowest BCUT2D eigenvalue weighted by molar-refractivity contribution is -0.141. The van der Waals surface area contributed by atoms with Crippen LogP contribution in [0.5, 0.6) is 5.75 Å². The van der Waals surface area contributed by atoms with Gasteiger partial charge in [-0.3, -0.25) is 0 Å². The topological polar surface area (TPSA) is 140 Å². The molecule has 1 saturated heterocycles. The lowest BCUT2D eigenvalue weighted by Crippen LogP contribution is -2.47. The highest BCUT2D eigenvalue weighted by Crippen LogP contribution is 2.28. The molecule has 0 aromatic heterocycles. The monoisotopic (exact) mass is 468 g/mol. The minimum Gasteiger partial charge on any atom is -0.488 e. The van der Waals surface area contributed by atoms with Gasteiger partial charge in [-0.25, -0.2) is 0 Å². The number of aliphatic hydroxyl groups excluding tert-OH is 6. The predicted molar refractivity (Wildman–Crippen MR) is 117 cm³/mol. The molecule has 8 nitrogen and oxygen atoms in total. The van der Waals surface area contributed by atoms with Gasteiger partial charge in [0.15, 0.2) is 0 Å². The van der Waals surface area contributed by atoms with Crippen LogP contribution in [-0.2, 0) is 11.2 Å². The van der Waals surface area contributed by atoms with Crippen molar-refractivity contribution in [2.24, 2.45) is 0 Å². The molecular weight excluding hydrogens is 440 g/mol. The quantitative estimate of drug-likeness (QED) is 0.297. The van der Waals surface area contributed by atoms with Gasteiger partial charge in [-0.1, -0.05) is 35.9 Å². The first-order valence-electron chi connectivity index (χ1n) is 10.4. The summed E-state index contributed by atoms with van der Waals surface area (Å²) in [6.07, 6.45) is -7.31. The van der Waals surface area contributed by atoms with E-state index in [1.54, 1.807) is 12.1 Å². The zero-order chi connectivity index (χ0) is 23.3. The molecule has 0 bridgehead atoms. The molecule has 5 unspecified atom stereocenters. The third-order valence-corrected chi connectivity index (χ3v) is 5.89. The maximum absolute atomic E-state index is 10.5. The van der Waals surface area contributed by atoms with Gasteiger partial charge in [0.05, 0.1) is 19.8 Å². The van der Waals surface area contributed by atoms with Crippen molar-refractivity contribution < 1.29 is 40.1 Å². The summed E-state index contributed by atoms with van der Waals surface area (Å²) in [5, 5.41) is 59.4. The summed E-state index contributed by atoms with van der Waals surface area (Å²) in [5.74, 6) is 0.750. The van der Waals surface area contributed by atoms with E-state index < -0.39 is 37.1 Å². The number of hydrogen-bond acceptors (Lipinski definition) is 8. The van der Waals surface area contributed by atoms with E-state index in [-0.39, 0.29) is 11.7 Å². The van der Waals surface area contributed by atoms with Crippen molar-refractivity contribution in [3.8, 4) is 5.75 Å². The molecule has 0 amide bonds. The van der Waals surface area contributed by atoms with Crippen molar-refractivity contribution in [3.63, 3.8) is 0 Å². The van der Waals surface area contributed by atoms with Gasteiger partial charge in [0, 0.05) is 11.4 Å². The molecule has 9 heteroatoms. The summed E-state index contributed by atoms with van der Waals surface area (Å²) in [4.78, 5) is 0. The molecule has 6 atom stereocenters. The fourth-order valence-electron chi connectivity index (χ4n) is 3.54. The first-order valence-corrected chi connectivity index (χ1v) is 10.8. The maximum atomic E-state index is 10.5. The van der Waals surface area contributed by atoms with Gasteiger partial charge in [0.25, 0.3) is 0 Å². The van der Waals surface area contributed by atoms with Crippen molar-refractivity contribution in [2.75, 3.05) is 19.8 Å². The number of ether oxygens (including phenoxy) is 2. The molecule has 6 N–H and O–H groups in total. The van der Waals surface area contributed by atoms with E-state index in [0.717, 1.165) is 17.7 Å². The van der Waals surface area contributed by atoms with Crippen molar-refractivity contribution in [3.05, 3.63) is 64.2 Å². The van der Waals surface area contributed by atoms with E-state index in [1.165, 1.54) is 6.07 Å². The Balaban J connectivity index is 1.68. The molecule has 32 heavy (non-hydrogen) atoms. The number of aliphatic hydroxyl groups is 6. The van der Waals surface area contributed by atoms with Gasteiger partial charge in [-0.2, -0.15) is 0 Å². The molecule has 2 aromatic rings. The van der Waals surface area contributed by atoms with Crippen molar-refractivity contribution in [1.29, 1.82) is 0 Å². The van der Waals surface area contributed by atoms with Crippen LogP contribution in [0.4, 0.5) is 0 Å². The van der Waals surface area contributed by atoms with Crippen LogP contribution in [0.15, 0.2) is 42.5 Å². The Bertz CT molecular complexity index is 856. The molecule has 0 radical (unpaired) electrons. The lowest BCUT2D eigenvalue weighted by Gasteiger charge is -2.28. The summed E-state index contributed by atoms with van der Waals surface area (Å²) in [6, 6.07) is 12.2. The second-order valence-corrected chi connectivity index (χ2v) is 8.35. The Morgan fingerprint density at radius 1 is 0.969 bits per heavy atom. The SMILES string of the molecule is OCC(O)[C@@H](O)C(O)C(O)C(O)c1ccc(Cl)c(Cc2ccc(OC3CCOC3)cc2)c1. The van der Waals surface area contributed by atoms with Crippen LogP contribution in [0.1, 0.15) is 29.2 Å². The zero-order valence-corrected chi connectivity index (χ0v) is 18.2. The zero-order valence-electron chi connectivity index (χ0n) is 17.4. The van der Waals surface area contributed by atoms with Gasteiger partial charge in [0.2, 0.25) is 0 Å². The van der Waals surface area contributed by atoms with Gasteiger partial charge in [-0.05, 0) is 41.3 Å². The summed E-state index contributed by atoms with van der Waals surface area (Å²) >= 11 is 6.32. The van der Waals surface area contributed by atoms with Crippen LogP contribution in [0.3, 0.4) is 0 Å². The Hall–Kier alpha value is -1.75. The molecule has 3 rings (SSSR count). The van der Waals surface area contributed by atoms with E-state index in [9.17, 15) is 25.5 Å². The van der Waals surface area contributed by atoms with Crippen LogP contribution in [0.25, 0.3) is 0 Å². The van der Waals surface area contributed by atoms with Gasteiger partial charge < -0.3 is 40.1 Å². The molecule has 176 valence electrons. The minimum absolute atomic E-state index is 0.0623. The van der Waals surface area contributed by atoms with Gasteiger partial charge in [-0.15, -0.1) is 0 Å². The van der Waals surface area contributed by atoms with Crippen molar-refractivity contribution >= 4 is 11.6 Å². The second-order valence-electron chi connectivity index (χ2n) is 7.94. The molecule has 2 aromatic carbocycles. The third-order valence-electron chi connectivity index (χ3n) is 5.52. The molecule has 1 fully saturated rings. The van der Waals surface area contributed by atoms with Crippen LogP contribution in [0.2, 0.25) is 5.02 Å². The fourth-order valence-corrected chi connectivity index (χ4v) is 3.72. The summed E-state index contributed by atoms with van der Waals surface area (Å²) in [6.45, 7) is 0.490. The first-order chi connectivity index (χ1) is 15.3. The van der Waals surface area contributed by atoms with E-state index >= 15 is 0 Å². The summed E-state index contributed by atoms with van der Waals surface area (Å²) < 4.78 is 11.2. The number of rotatable bonds is 10. The highest BCUT2D eigenvalue weighted by atomic mass is 35.5. The Labute approximate surface area is 191 Å². The number of benzene rings is 2. The van der Waals surface area contributed by atoms with Gasteiger partial charge >= 0.3 is 0 Å². The molecule has 1 aliphatic heterocycles. The van der Waals surface area contributed by atoms with Crippen molar-refractivity contribution in [2.45, 2.75) is 49.5 Å². The third kappa shape index (κ3) is 6.18. The van der Waals surface area contributed by atoms with Crippen LogP contribution in [0, 0.1) is 0 Å². The van der Waals surface area contributed by atoms with E-state index in [0.29, 0.717) is 30.2 Å². The average Bonchev–Trinajstić information content (AvgIpc) is 3.32. The normalized spacial score (nSPS) is 21.0. The highest BCUT2D eigenvalue weighted by molar-refractivity contribution is 6.31. The predicted octanol–water partition coefficient (Wildman–Crippen LogP) is 0.568. The first kappa shape index (κ1) is 24.9. The average molecular weight is 469 g/mol. The largest absolute Gasteiger partial charge is 0.488 e. The molecular formula is C23H29ClO8. The molecule has 1 aliphatic rings. The number of hydrogen-bond donors (Lipinski definition) is 6. The Kier molecular flexibility index (Phi) is 8.87. The highest BCUT2D eigenvalue weighted by Gasteiger charge is 2.34. The molecule has 1 heterocycles. The summed E-state index contributed by atoms with van der Waals surface area (Å²) in [7, 11) is 0. The molecule has 0 saturated carbocycles. The standard InChI is InChI=1S/C23H29ClO8/c24-18-6-3-14(20(27)22(29)23(30)21(28)19(26)11-25)10-15(18)9-13-1-4-16(5-2-13)32-17-7-8-31-12-17/h1-6,10,17,19-23,25-30H,7-9,11-12H2/t17?,19?,20?,21-,22?,23?/m1/s1. The summed E-state index contributed by atoms with van der Waals surface area (Å²) in [5.41, 5.74) is 1.93. The molecule has 0 spiro atoms. The minimum atomic E-state index is -1.87.